The van der Waals surface area contributed by atoms with Crippen LogP contribution in [0.5, 0.6) is 0 Å². The van der Waals surface area contributed by atoms with Crippen molar-refractivity contribution in [2.75, 3.05) is 13.1 Å². The molecule has 6 heteroatoms. The molecule has 3 unspecified atom stereocenters. The van der Waals surface area contributed by atoms with Crippen molar-refractivity contribution in [3.63, 3.8) is 0 Å². The number of hydrogen-bond acceptors (Lipinski definition) is 3. The van der Waals surface area contributed by atoms with Crippen LogP contribution in [0.2, 0.25) is 0 Å². The molecule has 108 valence electrons. The zero-order valence-corrected chi connectivity index (χ0v) is 11.4. The molecule has 2 heterocycles. The van der Waals surface area contributed by atoms with Crippen LogP contribution in [0.15, 0.2) is 0 Å². The molecule has 2 aliphatic heterocycles. The lowest BCUT2D eigenvalue weighted by atomic mass is 9.99. The first-order chi connectivity index (χ1) is 9.61. The molecule has 6 nitrogen and oxygen atoms in total. The molecule has 0 aromatic carbocycles. The van der Waals surface area contributed by atoms with Crippen LogP contribution in [0, 0.1) is 17.8 Å². The van der Waals surface area contributed by atoms with E-state index in [-0.39, 0.29) is 17.7 Å². The van der Waals surface area contributed by atoms with Crippen molar-refractivity contribution in [3.8, 4) is 0 Å². The Hall–Kier alpha value is -1.59. The molecule has 2 saturated heterocycles. The predicted molar refractivity (Wildman–Crippen MR) is 69.5 cm³/mol. The number of amides is 4. The summed E-state index contributed by atoms with van der Waals surface area (Å²) in [6, 6.07) is -0.440. The number of nitrogens with zero attached hydrogens (tertiary/aromatic N) is 1. The molecule has 2 aliphatic carbocycles. The maximum Gasteiger partial charge on any atom is 0.322 e. The summed E-state index contributed by atoms with van der Waals surface area (Å²) in [5.74, 6) is 1.27. The lowest BCUT2D eigenvalue weighted by Gasteiger charge is -2.21. The Bertz CT molecular complexity index is 494. The molecule has 4 rings (SSSR count). The van der Waals surface area contributed by atoms with E-state index in [0.717, 1.165) is 0 Å². The molecule has 4 fully saturated rings. The van der Waals surface area contributed by atoms with Crippen molar-refractivity contribution >= 4 is 17.8 Å². The molecule has 2 saturated carbocycles. The van der Waals surface area contributed by atoms with Crippen LogP contribution in [0.25, 0.3) is 0 Å². The lowest BCUT2D eigenvalue weighted by molar-refractivity contribution is -0.132. The van der Waals surface area contributed by atoms with Gasteiger partial charge < -0.3 is 10.2 Å². The van der Waals surface area contributed by atoms with Crippen LogP contribution >= 0.6 is 0 Å². The van der Waals surface area contributed by atoms with E-state index < -0.39 is 11.6 Å². The smallest absolute Gasteiger partial charge is 0.322 e. The highest BCUT2D eigenvalue weighted by molar-refractivity contribution is 6.07. The van der Waals surface area contributed by atoms with Gasteiger partial charge in [-0.2, -0.15) is 0 Å². The standard InChI is InChI=1S/C14H19N3O3/c18-11(10-8-3-1-2-4-9(8)10)17-6-5-14(7-17)12(19)15-13(20)16-14/h8-10H,1-7H2,(H2,15,16,19,20). The third-order valence-corrected chi connectivity index (χ3v) is 5.54. The second-order valence-corrected chi connectivity index (χ2v) is 6.64. The van der Waals surface area contributed by atoms with Gasteiger partial charge in [-0.3, -0.25) is 14.9 Å². The van der Waals surface area contributed by atoms with Gasteiger partial charge in [-0.05, 0) is 31.1 Å². The minimum absolute atomic E-state index is 0.188. The number of hydrogen-bond donors (Lipinski definition) is 2. The Labute approximate surface area is 117 Å². The van der Waals surface area contributed by atoms with Gasteiger partial charge in [-0.15, -0.1) is 0 Å². The number of carbonyl (C=O) groups is 3. The second kappa shape index (κ2) is 3.96. The molecule has 0 bridgehead atoms. The fourth-order valence-corrected chi connectivity index (χ4v) is 4.38. The summed E-state index contributed by atoms with van der Waals surface area (Å²) in [4.78, 5) is 37.5. The van der Waals surface area contributed by atoms with Gasteiger partial charge in [0.1, 0.15) is 5.54 Å². The molecule has 4 amide bonds. The molecule has 0 aromatic heterocycles. The summed E-state index contributed by atoms with van der Waals surface area (Å²) >= 11 is 0. The monoisotopic (exact) mass is 277 g/mol. The summed E-state index contributed by atoms with van der Waals surface area (Å²) < 4.78 is 0. The van der Waals surface area contributed by atoms with Crippen molar-refractivity contribution in [3.05, 3.63) is 0 Å². The third-order valence-electron chi connectivity index (χ3n) is 5.54. The summed E-state index contributed by atoms with van der Waals surface area (Å²) in [5.41, 5.74) is -0.868. The lowest BCUT2D eigenvalue weighted by Crippen LogP contribution is -2.49. The number of nitrogens with one attached hydrogen (secondary N) is 2. The van der Waals surface area contributed by atoms with E-state index in [4.69, 9.17) is 0 Å². The fourth-order valence-electron chi connectivity index (χ4n) is 4.38. The van der Waals surface area contributed by atoms with Crippen molar-refractivity contribution in [2.45, 2.75) is 37.6 Å². The average Bonchev–Trinajstić information content (AvgIpc) is 2.89. The zero-order chi connectivity index (χ0) is 13.9. The highest BCUT2D eigenvalue weighted by atomic mass is 16.2. The summed E-state index contributed by atoms with van der Waals surface area (Å²) in [5, 5.41) is 4.97. The quantitative estimate of drug-likeness (QED) is 0.674. The molecule has 3 atom stereocenters. The van der Waals surface area contributed by atoms with Gasteiger partial charge >= 0.3 is 6.03 Å². The van der Waals surface area contributed by atoms with Crippen LogP contribution in [-0.2, 0) is 9.59 Å². The van der Waals surface area contributed by atoms with Gasteiger partial charge in [0.2, 0.25) is 5.91 Å². The topological polar surface area (TPSA) is 78.5 Å². The first-order valence-electron chi connectivity index (χ1n) is 7.53. The number of rotatable bonds is 1. The fraction of sp³-hybridized carbons (Fsp3) is 0.786. The zero-order valence-electron chi connectivity index (χ0n) is 11.4. The number of fused-ring (bicyclic) bond motifs is 1. The van der Waals surface area contributed by atoms with E-state index in [1.54, 1.807) is 4.90 Å². The first kappa shape index (κ1) is 12.2. The summed E-state index contributed by atoms with van der Waals surface area (Å²) in [7, 11) is 0. The van der Waals surface area contributed by atoms with Crippen molar-refractivity contribution in [2.24, 2.45) is 17.8 Å². The molecule has 2 N–H and O–H groups in total. The van der Waals surface area contributed by atoms with Crippen LogP contribution in [-0.4, -0.2) is 41.4 Å². The van der Waals surface area contributed by atoms with E-state index in [1.165, 1.54) is 25.7 Å². The highest BCUT2D eigenvalue weighted by Gasteiger charge is 2.58. The van der Waals surface area contributed by atoms with Gasteiger partial charge in [0, 0.05) is 12.5 Å². The second-order valence-electron chi connectivity index (χ2n) is 6.64. The van der Waals surface area contributed by atoms with Gasteiger partial charge in [0.05, 0.1) is 6.54 Å². The summed E-state index contributed by atoms with van der Waals surface area (Å²) in [6.07, 6.45) is 5.37. The number of likely N-dealkylation sites (tertiary alicyclic amines) is 1. The van der Waals surface area contributed by atoms with E-state index >= 15 is 0 Å². The molecule has 0 radical (unpaired) electrons. The van der Waals surface area contributed by atoms with Crippen LogP contribution in [0.4, 0.5) is 4.79 Å². The molecular weight excluding hydrogens is 258 g/mol. The van der Waals surface area contributed by atoms with Gasteiger partial charge in [-0.1, -0.05) is 12.8 Å². The van der Waals surface area contributed by atoms with Crippen molar-refractivity contribution in [1.29, 1.82) is 0 Å². The van der Waals surface area contributed by atoms with Crippen LogP contribution in [0.1, 0.15) is 32.1 Å². The maximum absolute atomic E-state index is 12.6. The van der Waals surface area contributed by atoms with E-state index in [0.29, 0.717) is 31.3 Å². The Morgan fingerprint density at radius 1 is 1.20 bits per heavy atom. The van der Waals surface area contributed by atoms with Gasteiger partial charge in [0.15, 0.2) is 0 Å². The SMILES string of the molecule is O=C1NC(=O)C2(CCN(C(=O)C3C4CCCCC43)C2)N1. The van der Waals surface area contributed by atoms with E-state index in [2.05, 4.69) is 10.6 Å². The van der Waals surface area contributed by atoms with Gasteiger partial charge in [-0.25, -0.2) is 4.79 Å². The molecule has 1 spiro atoms. The number of imide groups is 1. The minimum Gasteiger partial charge on any atom is -0.339 e. The molecule has 4 aliphatic rings. The predicted octanol–water partition coefficient (Wildman–Crippen LogP) is 0.233. The van der Waals surface area contributed by atoms with Crippen molar-refractivity contribution < 1.29 is 14.4 Å². The van der Waals surface area contributed by atoms with Crippen molar-refractivity contribution in [1.82, 2.24) is 15.5 Å². The number of urea groups is 1. The third kappa shape index (κ3) is 1.60. The molecule has 20 heavy (non-hydrogen) atoms. The Balaban J connectivity index is 1.45. The minimum atomic E-state index is -0.868. The maximum atomic E-state index is 12.6. The Morgan fingerprint density at radius 2 is 1.90 bits per heavy atom. The number of carbonyl (C=O) groups excluding carboxylic acids is 3. The Morgan fingerprint density at radius 3 is 2.50 bits per heavy atom. The normalized spacial score (nSPS) is 42.4. The molecule has 0 aromatic rings. The Kier molecular flexibility index (Phi) is 2.41. The van der Waals surface area contributed by atoms with E-state index in [1.807, 2.05) is 0 Å². The van der Waals surface area contributed by atoms with E-state index in [9.17, 15) is 14.4 Å². The van der Waals surface area contributed by atoms with Gasteiger partial charge in [0.25, 0.3) is 5.91 Å². The largest absolute Gasteiger partial charge is 0.339 e. The van der Waals surface area contributed by atoms with Crippen LogP contribution in [0.3, 0.4) is 0 Å². The molecular formula is C14H19N3O3. The van der Waals surface area contributed by atoms with Crippen LogP contribution < -0.4 is 10.6 Å². The summed E-state index contributed by atoms with van der Waals surface area (Å²) in [6.45, 7) is 0.905. The average molecular weight is 277 g/mol. The highest BCUT2D eigenvalue weighted by Crippen LogP contribution is 2.56. The first-order valence-corrected chi connectivity index (χ1v) is 7.53.